The van der Waals surface area contributed by atoms with Crippen molar-refractivity contribution >= 4 is 34.1 Å². The van der Waals surface area contributed by atoms with Gasteiger partial charge in [-0.2, -0.15) is 0 Å². The van der Waals surface area contributed by atoms with Crippen LogP contribution in [0.15, 0.2) is 58.4 Å². The van der Waals surface area contributed by atoms with Crippen LogP contribution in [0.1, 0.15) is 5.56 Å². The maximum atomic E-state index is 13.1. The molecule has 0 fully saturated rings. The molecule has 0 spiro atoms. The number of hydrogen-bond donors (Lipinski definition) is 0. The van der Waals surface area contributed by atoms with Gasteiger partial charge in [-0.15, -0.1) is 11.3 Å². The Morgan fingerprint density at radius 1 is 1.00 bits per heavy atom. The van der Waals surface area contributed by atoms with Crippen molar-refractivity contribution in [3.63, 3.8) is 0 Å². The monoisotopic (exact) mass is 376 g/mol. The quantitative estimate of drug-likeness (QED) is 0.527. The third-order valence-electron chi connectivity index (χ3n) is 3.24. The summed E-state index contributed by atoms with van der Waals surface area (Å²) in [5, 5.41) is 0. The van der Waals surface area contributed by atoms with E-state index in [-0.39, 0.29) is 5.82 Å². The van der Waals surface area contributed by atoms with Gasteiger partial charge in [0, 0.05) is 10.4 Å². The van der Waals surface area contributed by atoms with Gasteiger partial charge in [0.05, 0.1) is 3.79 Å². The van der Waals surface area contributed by atoms with Crippen LogP contribution in [-0.2, 0) is 4.79 Å². The lowest BCUT2D eigenvalue weighted by Crippen LogP contribution is -1.83. The summed E-state index contributed by atoms with van der Waals surface area (Å²) in [5.41, 5.74) is 4.68. The fourth-order valence-corrected chi connectivity index (χ4v) is 3.87. The van der Waals surface area contributed by atoms with Crippen molar-refractivity contribution in [1.29, 1.82) is 0 Å². The van der Waals surface area contributed by atoms with E-state index >= 15 is 0 Å². The van der Waals surface area contributed by atoms with Crippen LogP contribution in [-0.4, -0.2) is 6.79 Å². The van der Waals surface area contributed by atoms with Crippen LogP contribution in [0.2, 0.25) is 0 Å². The molecule has 2 aromatic carbocycles. The molecule has 0 bridgehead atoms. The van der Waals surface area contributed by atoms with Gasteiger partial charge in [0.2, 0.25) is 0 Å². The zero-order chi connectivity index (χ0) is 16.1. The minimum Gasteiger partial charge on any atom is -0.307 e. The number of rotatable bonds is 2. The molecule has 1 heterocycles. The molecule has 0 aliphatic rings. The predicted octanol–water partition coefficient (Wildman–Crippen LogP) is 6.11. The van der Waals surface area contributed by atoms with Crippen molar-refractivity contribution in [1.82, 2.24) is 0 Å². The second-order valence-corrected chi connectivity index (χ2v) is 7.05. The Kier molecular flexibility index (Phi) is 5.63. The number of thiophene rings is 1. The molecular formula is C18H14BrFOS. The Morgan fingerprint density at radius 3 is 2.27 bits per heavy atom. The SMILES string of the molecule is C=O.Cc1ccccc1-c1cc(Br)sc1-c1ccc(F)cc1. The van der Waals surface area contributed by atoms with E-state index in [1.807, 2.05) is 31.1 Å². The fourth-order valence-electron chi connectivity index (χ4n) is 2.25. The molecule has 0 N–H and O–H groups in total. The first-order valence-electron chi connectivity index (χ1n) is 6.55. The summed E-state index contributed by atoms with van der Waals surface area (Å²) in [6, 6.07) is 17.1. The molecule has 3 aromatic rings. The van der Waals surface area contributed by atoms with Crippen molar-refractivity contribution in [3.8, 4) is 21.6 Å². The lowest BCUT2D eigenvalue weighted by Gasteiger charge is -2.07. The largest absolute Gasteiger partial charge is 0.307 e. The number of carbonyl (C=O) groups is 1. The van der Waals surface area contributed by atoms with Gasteiger partial charge >= 0.3 is 0 Å². The summed E-state index contributed by atoms with van der Waals surface area (Å²) in [7, 11) is 0. The second kappa shape index (κ2) is 7.47. The van der Waals surface area contributed by atoms with Gasteiger partial charge in [0.25, 0.3) is 0 Å². The van der Waals surface area contributed by atoms with Crippen LogP contribution >= 0.6 is 27.3 Å². The highest BCUT2D eigenvalue weighted by molar-refractivity contribution is 9.11. The van der Waals surface area contributed by atoms with Crippen LogP contribution in [0.3, 0.4) is 0 Å². The smallest absolute Gasteiger partial charge is 0.123 e. The summed E-state index contributed by atoms with van der Waals surface area (Å²) >= 11 is 5.23. The highest BCUT2D eigenvalue weighted by Crippen LogP contribution is 2.42. The minimum atomic E-state index is -0.207. The van der Waals surface area contributed by atoms with Gasteiger partial charge in [-0.05, 0) is 57.7 Å². The summed E-state index contributed by atoms with van der Waals surface area (Å²) in [4.78, 5) is 9.16. The van der Waals surface area contributed by atoms with Gasteiger partial charge in [-0.25, -0.2) is 4.39 Å². The van der Waals surface area contributed by atoms with Gasteiger partial charge < -0.3 is 4.79 Å². The van der Waals surface area contributed by atoms with Crippen LogP contribution in [0, 0.1) is 12.7 Å². The maximum absolute atomic E-state index is 13.1. The number of halogens is 2. The van der Waals surface area contributed by atoms with Crippen LogP contribution in [0.4, 0.5) is 4.39 Å². The van der Waals surface area contributed by atoms with Crippen LogP contribution < -0.4 is 0 Å². The Hall–Kier alpha value is -1.78. The molecule has 0 saturated carbocycles. The topological polar surface area (TPSA) is 17.1 Å². The molecule has 0 aliphatic heterocycles. The first kappa shape index (κ1) is 16.6. The average molecular weight is 377 g/mol. The van der Waals surface area contributed by atoms with Gasteiger partial charge in [0.15, 0.2) is 0 Å². The third-order valence-corrected chi connectivity index (χ3v) is 4.93. The normalized spacial score (nSPS) is 9.95. The molecular weight excluding hydrogens is 363 g/mol. The van der Waals surface area contributed by atoms with Gasteiger partial charge in [-0.1, -0.05) is 36.4 Å². The minimum absolute atomic E-state index is 0.207. The van der Waals surface area contributed by atoms with Crippen molar-refractivity contribution in [3.05, 3.63) is 69.8 Å². The summed E-state index contributed by atoms with van der Waals surface area (Å²) in [6.07, 6.45) is 0. The average Bonchev–Trinajstić information content (AvgIpc) is 2.92. The van der Waals surface area contributed by atoms with Crippen molar-refractivity contribution < 1.29 is 9.18 Å². The van der Waals surface area contributed by atoms with E-state index in [1.165, 1.54) is 28.8 Å². The number of benzene rings is 2. The van der Waals surface area contributed by atoms with E-state index in [1.54, 1.807) is 11.3 Å². The molecule has 4 heteroatoms. The van der Waals surface area contributed by atoms with Crippen LogP contribution in [0.25, 0.3) is 21.6 Å². The molecule has 112 valence electrons. The highest BCUT2D eigenvalue weighted by atomic mass is 79.9. The molecule has 1 nitrogen and oxygen atoms in total. The van der Waals surface area contributed by atoms with E-state index in [0.29, 0.717) is 0 Å². The Labute approximate surface area is 141 Å². The Morgan fingerprint density at radius 2 is 1.64 bits per heavy atom. The molecule has 22 heavy (non-hydrogen) atoms. The Bertz CT molecular complexity index is 765. The Balaban J connectivity index is 0.000000847. The van der Waals surface area contributed by atoms with Gasteiger partial charge in [0.1, 0.15) is 12.6 Å². The molecule has 0 amide bonds. The summed E-state index contributed by atoms with van der Waals surface area (Å²) in [6.45, 7) is 4.11. The molecule has 0 radical (unpaired) electrons. The molecule has 3 rings (SSSR count). The van der Waals surface area contributed by atoms with E-state index in [0.717, 1.165) is 14.2 Å². The number of aryl methyl sites for hydroxylation is 1. The molecule has 0 atom stereocenters. The summed E-state index contributed by atoms with van der Waals surface area (Å²) < 4.78 is 14.2. The number of carbonyl (C=O) groups excluding carboxylic acids is 1. The maximum Gasteiger partial charge on any atom is 0.123 e. The number of hydrogen-bond acceptors (Lipinski definition) is 2. The molecule has 0 aliphatic carbocycles. The molecule has 1 aromatic heterocycles. The van der Waals surface area contributed by atoms with Crippen LogP contribution in [0.5, 0.6) is 0 Å². The van der Waals surface area contributed by atoms with E-state index in [4.69, 9.17) is 4.79 Å². The van der Waals surface area contributed by atoms with E-state index in [2.05, 4.69) is 41.1 Å². The third kappa shape index (κ3) is 3.51. The summed E-state index contributed by atoms with van der Waals surface area (Å²) in [5.74, 6) is -0.207. The standard InChI is InChI=1S/C17H12BrFS.CH2O/c1-11-4-2-3-5-14(11)15-10-16(18)20-17(15)12-6-8-13(19)9-7-12;1-2/h2-10H,1H3;1H2. The highest BCUT2D eigenvalue weighted by Gasteiger charge is 2.13. The van der Waals surface area contributed by atoms with Crippen molar-refractivity contribution in [2.24, 2.45) is 0 Å². The van der Waals surface area contributed by atoms with E-state index < -0.39 is 0 Å². The zero-order valence-corrected chi connectivity index (χ0v) is 14.4. The zero-order valence-electron chi connectivity index (χ0n) is 12.0. The predicted molar refractivity (Wildman–Crippen MR) is 94.7 cm³/mol. The molecule has 0 saturated heterocycles. The molecule has 0 unspecified atom stereocenters. The van der Waals surface area contributed by atoms with Crippen molar-refractivity contribution in [2.75, 3.05) is 0 Å². The first-order chi connectivity index (χ1) is 10.6. The lowest BCUT2D eigenvalue weighted by molar-refractivity contribution is -0.0979. The fraction of sp³-hybridized carbons (Fsp3) is 0.0556. The first-order valence-corrected chi connectivity index (χ1v) is 8.16. The second-order valence-electron chi connectivity index (χ2n) is 4.62. The van der Waals surface area contributed by atoms with E-state index in [9.17, 15) is 4.39 Å². The van der Waals surface area contributed by atoms with Gasteiger partial charge in [-0.3, -0.25) is 0 Å². The van der Waals surface area contributed by atoms with Crippen molar-refractivity contribution in [2.45, 2.75) is 6.92 Å². The lowest BCUT2D eigenvalue weighted by atomic mass is 9.99.